The van der Waals surface area contributed by atoms with Gasteiger partial charge in [-0.1, -0.05) is 34.1 Å². The zero-order valence-electron chi connectivity index (χ0n) is 4.77. The molecule has 0 spiro atoms. The Kier molecular flexibility index (Phi) is 5.30. The Bertz CT molecular complexity index is 203. The lowest BCUT2D eigenvalue weighted by molar-refractivity contribution is 0.618. The first kappa shape index (κ1) is 10.4. The minimum atomic E-state index is -0.144. The molecule has 0 bridgehead atoms. The fourth-order valence-electron chi connectivity index (χ4n) is 0.607. The van der Waals surface area contributed by atoms with Crippen molar-refractivity contribution >= 4 is 39.0 Å². The van der Waals surface area contributed by atoms with Gasteiger partial charge in [-0.05, 0) is 11.6 Å². The Labute approximate surface area is 84.1 Å². The number of benzene rings is 1. The van der Waals surface area contributed by atoms with Crippen molar-refractivity contribution in [2.24, 2.45) is 0 Å². The lowest BCUT2D eigenvalue weighted by Crippen LogP contribution is -1.81. The van der Waals surface area contributed by atoms with Gasteiger partial charge < -0.3 is 0 Å². The fourth-order valence-corrected chi connectivity index (χ4v) is 1.06. The van der Waals surface area contributed by atoms with E-state index in [-0.39, 0.29) is 28.9 Å². The second kappa shape index (κ2) is 5.10. The van der Waals surface area contributed by atoms with Gasteiger partial charge in [0.05, 0.1) is 0 Å². The fraction of sp³-hybridized carbons (Fsp3) is 0.143. The van der Waals surface area contributed by atoms with Crippen LogP contribution in [-0.4, -0.2) is 23.1 Å². The molecular formula is C7H8BrFMg. The van der Waals surface area contributed by atoms with Gasteiger partial charge in [0, 0.05) is 5.33 Å². The van der Waals surface area contributed by atoms with E-state index in [2.05, 4.69) is 15.9 Å². The molecule has 1 aromatic rings. The molecule has 0 saturated heterocycles. The molecule has 0 nitrogen and oxygen atoms in total. The maximum absolute atomic E-state index is 12.6. The van der Waals surface area contributed by atoms with Gasteiger partial charge in [0.2, 0.25) is 0 Å². The normalized spacial score (nSPS) is 8.60. The SMILES string of the molecule is Fc1ccccc1CBr.[MgH2]. The van der Waals surface area contributed by atoms with Crippen LogP contribution in [0.1, 0.15) is 5.56 Å². The van der Waals surface area contributed by atoms with E-state index in [9.17, 15) is 4.39 Å². The third kappa shape index (κ3) is 2.56. The second-order valence-electron chi connectivity index (χ2n) is 1.73. The highest BCUT2D eigenvalue weighted by Crippen LogP contribution is 2.09. The van der Waals surface area contributed by atoms with Crippen molar-refractivity contribution in [2.45, 2.75) is 5.33 Å². The number of alkyl halides is 1. The van der Waals surface area contributed by atoms with E-state index in [0.29, 0.717) is 10.9 Å². The topological polar surface area (TPSA) is 0 Å². The summed E-state index contributed by atoms with van der Waals surface area (Å²) in [4.78, 5) is 0. The third-order valence-electron chi connectivity index (χ3n) is 1.10. The van der Waals surface area contributed by atoms with Crippen LogP contribution >= 0.6 is 15.9 Å². The molecule has 0 aliphatic heterocycles. The zero-order chi connectivity index (χ0) is 6.69. The maximum atomic E-state index is 12.6. The quantitative estimate of drug-likeness (QED) is 0.495. The molecular weight excluding hydrogens is 207 g/mol. The summed E-state index contributed by atoms with van der Waals surface area (Å²) in [7, 11) is 0. The number of hydrogen-bond acceptors (Lipinski definition) is 0. The van der Waals surface area contributed by atoms with E-state index < -0.39 is 0 Å². The Hall–Kier alpha value is 0.396. The van der Waals surface area contributed by atoms with Gasteiger partial charge in [-0.2, -0.15) is 0 Å². The van der Waals surface area contributed by atoms with Crippen LogP contribution in [0.3, 0.4) is 0 Å². The Morgan fingerprint density at radius 3 is 2.30 bits per heavy atom. The minimum Gasteiger partial charge on any atom is -0.207 e. The summed E-state index contributed by atoms with van der Waals surface area (Å²) < 4.78 is 12.6. The molecule has 0 aromatic heterocycles. The molecule has 0 saturated carbocycles. The van der Waals surface area contributed by atoms with Gasteiger partial charge in [-0.25, -0.2) is 4.39 Å². The molecule has 1 aromatic carbocycles. The van der Waals surface area contributed by atoms with E-state index >= 15 is 0 Å². The summed E-state index contributed by atoms with van der Waals surface area (Å²) in [6.45, 7) is 0. The largest absolute Gasteiger partial charge is 0.316 e. The monoisotopic (exact) mass is 214 g/mol. The van der Waals surface area contributed by atoms with Crippen LogP contribution in [0.5, 0.6) is 0 Å². The summed E-state index contributed by atoms with van der Waals surface area (Å²) in [5.74, 6) is -0.144. The first-order chi connectivity index (χ1) is 4.34. The predicted molar refractivity (Wildman–Crippen MR) is 47.6 cm³/mol. The van der Waals surface area contributed by atoms with Crippen LogP contribution in [0.2, 0.25) is 0 Å². The average molecular weight is 215 g/mol. The van der Waals surface area contributed by atoms with Crippen molar-refractivity contribution in [3.63, 3.8) is 0 Å². The summed E-state index contributed by atoms with van der Waals surface area (Å²) in [6, 6.07) is 6.71. The van der Waals surface area contributed by atoms with Crippen molar-refractivity contribution in [2.75, 3.05) is 0 Å². The van der Waals surface area contributed by atoms with Crippen LogP contribution < -0.4 is 0 Å². The van der Waals surface area contributed by atoms with Crippen molar-refractivity contribution in [3.05, 3.63) is 35.6 Å². The molecule has 52 valence electrons. The highest BCUT2D eigenvalue weighted by Gasteiger charge is 1.94. The molecule has 0 radical (unpaired) electrons. The van der Waals surface area contributed by atoms with Crippen LogP contribution in [0.15, 0.2) is 24.3 Å². The Morgan fingerprint density at radius 1 is 1.30 bits per heavy atom. The van der Waals surface area contributed by atoms with Crippen molar-refractivity contribution < 1.29 is 4.39 Å². The van der Waals surface area contributed by atoms with Gasteiger partial charge in [0.15, 0.2) is 0 Å². The molecule has 0 heterocycles. The molecule has 1 rings (SSSR count). The molecule has 0 N–H and O–H groups in total. The number of hydrogen-bond donors (Lipinski definition) is 0. The average Bonchev–Trinajstić information content (AvgIpc) is 1.89. The standard InChI is InChI=1S/C7H6BrF.Mg.2H/c8-5-6-3-1-2-4-7(6)9;;;/h1-4H,5H2;;;. The van der Waals surface area contributed by atoms with Gasteiger partial charge >= 0.3 is 23.1 Å². The van der Waals surface area contributed by atoms with Gasteiger partial charge in [0.1, 0.15) is 5.82 Å². The molecule has 0 unspecified atom stereocenters. The van der Waals surface area contributed by atoms with Gasteiger partial charge in [-0.15, -0.1) is 0 Å². The molecule has 0 aliphatic rings. The Balaban J connectivity index is 0.000000810. The van der Waals surface area contributed by atoms with Crippen LogP contribution in [-0.2, 0) is 5.33 Å². The van der Waals surface area contributed by atoms with Crippen molar-refractivity contribution in [1.29, 1.82) is 0 Å². The van der Waals surface area contributed by atoms with E-state index in [1.54, 1.807) is 12.1 Å². The number of rotatable bonds is 1. The molecule has 3 heteroatoms. The summed E-state index contributed by atoms with van der Waals surface area (Å²) >= 11 is 3.17. The van der Waals surface area contributed by atoms with Gasteiger partial charge in [0.25, 0.3) is 0 Å². The van der Waals surface area contributed by atoms with Crippen LogP contribution in [0, 0.1) is 5.82 Å². The van der Waals surface area contributed by atoms with Crippen LogP contribution in [0.25, 0.3) is 0 Å². The summed E-state index contributed by atoms with van der Waals surface area (Å²) in [6.07, 6.45) is 0. The molecule has 0 aliphatic carbocycles. The molecule has 0 fully saturated rings. The van der Waals surface area contributed by atoms with E-state index in [1.807, 2.05) is 6.07 Å². The third-order valence-corrected chi connectivity index (χ3v) is 1.71. The highest BCUT2D eigenvalue weighted by molar-refractivity contribution is 9.08. The van der Waals surface area contributed by atoms with E-state index in [1.165, 1.54) is 6.07 Å². The van der Waals surface area contributed by atoms with Crippen molar-refractivity contribution in [1.82, 2.24) is 0 Å². The first-order valence-corrected chi connectivity index (χ1v) is 3.76. The smallest absolute Gasteiger partial charge is 0.207 e. The molecule has 10 heavy (non-hydrogen) atoms. The second-order valence-corrected chi connectivity index (χ2v) is 2.29. The van der Waals surface area contributed by atoms with E-state index in [0.717, 1.165) is 0 Å². The lowest BCUT2D eigenvalue weighted by Gasteiger charge is -1.93. The highest BCUT2D eigenvalue weighted by atomic mass is 79.9. The first-order valence-electron chi connectivity index (χ1n) is 2.64. The van der Waals surface area contributed by atoms with Crippen molar-refractivity contribution in [3.8, 4) is 0 Å². The zero-order valence-corrected chi connectivity index (χ0v) is 6.36. The summed E-state index contributed by atoms with van der Waals surface area (Å²) in [5.41, 5.74) is 0.706. The molecule has 0 amide bonds. The summed E-state index contributed by atoms with van der Waals surface area (Å²) in [5, 5.41) is 0.583. The minimum absolute atomic E-state index is 0. The molecule has 0 atom stereocenters. The van der Waals surface area contributed by atoms with Crippen LogP contribution in [0.4, 0.5) is 4.39 Å². The van der Waals surface area contributed by atoms with E-state index in [4.69, 9.17) is 0 Å². The maximum Gasteiger partial charge on any atom is 0.316 e. The lowest BCUT2D eigenvalue weighted by atomic mass is 10.2. The van der Waals surface area contributed by atoms with Gasteiger partial charge in [-0.3, -0.25) is 0 Å². The Morgan fingerprint density at radius 2 is 1.90 bits per heavy atom. The predicted octanol–water partition coefficient (Wildman–Crippen LogP) is 1.80. The number of halogens is 2.